The number of carbonyl (C=O) groups is 1. The minimum Gasteiger partial charge on any atom is -0.451 e. The Labute approximate surface area is 137 Å². The molecule has 0 fully saturated rings. The van der Waals surface area contributed by atoms with Crippen LogP contribution in [0, 0.1) is 5.92 Å². The van der Waals surface area contributed by atoms with E-state index in [1.807, 2.05) is 43.3 Å². The molecule has 0 spiro atoms. The molecule has 2 N–H and O–H groups in total. The highest BCUT2D eigenvalue weighted by Gasteiger charge is 2.23. The number of furan rings is 1. The van der Waals surface area contributed by atoms with Crippen molar-refractivity contribution < 1.29 is 14.3 Å². The first-order valence-corrected chi connectivity index (χ1v) is 7.99. The van der Waals surface area contributed by atoms with Crippen LogP contribution < -0.4 is 5.32 Å². The number of para-hydroxylation sites is 1. The summed E-state index contributed by atoms with van der Waals surface area (Å²) in [6.07, 6.45) is 0.728. The summed E-state index contributed by atoms with van der Waals surface area (Å²) in [5.41, 5.74) is 1.59. The van der Waals surface area contributed by atoms with Crippen LogP contribution in [0.25, 0.3) is 11.0 Å². The molecule has 1 amide bonds. The fourth-order valence-corrected chi connectivity index (χ4v) is 2.75. The molecule has 126 valence electrons. The van der Waals surface area contributed by atoms with Crippen LogP contribution in [0.4, 0.5) is 0 Å². The predicted octanol–water partition coefficient (Wildman–Crippen LogP) is 2.63. The molecule has 2 rings (SSSR count). The van der Waals surface area contributed by atoms with E-state index in [-0.39, 0.29) is 18.6 Å². The number of carbonyl (C=O) groups excluding carboxylic acids is 1. The summed E-state index contributed by atoms with van der Waals surface area (Å²) in [5.74, 6) is 0.462. The van der Waals surface area contributed by atoms with Gasteiger partial charge in [0.1, 0.15) is 5.58 Å². The van der Waals surface area contributed by atoms with E-state index >= 15 is 0 Å². The number of aliphatic hydroxyl groups is 1. The Kier molecular flexibility index (Phi) is 5.80. The number of nitrogens with zero attached hydrogens (tertiary/aromatic N) is 1. The average Bonchev–Trinajstić information content (AvgIpc) is 2.84. The maximum Gasteiger partial charge on any atom is 0.287 e. The van der Waals surface area contributed by atoms with Crippen LogP contribution in [0.15, 0.2) is 28.7 Å². The molecule has 0 aliphatic heterocycles. The van der Waals surface area contributed by atoms with Crippen molar-refractivity contribution in [2.24, 2.45) is 5.92 Å². The number of aliphatic hydroxyl groups excluding tert-OH is 1. The summed E-state index contributed by atoms with van der Waals surface area (Å²) >= 11 is 0. The number of hydrogen-bond donors (Lipinski definition) is 2. The number of hydrogen-bond acceptors (Lipinski definition) is 4. The second-order valence-electron chi connectivity index (χ2n) is 6.63. The minimum atomic E-state index is -0.266. The van der Waals surface area contributed by atoms with Crippen molar-refractivity contribution in [3.8, 4) is 0 Å². The van der Waals surface area contributed by atoms with Gasteiger partial charge in [-0.15, -0.1) is 0 Å². The van der Waals surface area contributed by atoms with Crippen molar-refractivity contribution >= 4 is 16.9 Å². The molecule has 0 saturated heterocycles. The lowest BCUT2D eigenvalue weighted by molar-refractivity contribution is 0.0880. The minimum absolute atomic E-state index is 0.0762. The first-order valence-electron chi connectivity index (χ1n) is 7.99. The SMILES string of the molecule is CC(C)CC(CO)NC(=O)c1oc2ccccc2c1CN(C)C. The van der Waals surface area contributed by atoms with Gasteiger partial charge >= 0.3 is 0 Å². The van der Waals surface area contributed by atoms with E-state index in [4.69, 9.17) is 4.42 Å². The maximum atomic E-state index is 12.6. The van der Waals surface area contributed by atoms with Crippen molar-refractivity contribution in [3.63, 3.8) is 0 Å². The lowest BCUT2D eigenvalue weighted by Crippen LogP contribution is -2.38. The van der Waals surface area contributed by atoms with Gasteiger partial charge in [0.15, 0.2) is 5.76 Å². The lowest BCUT2D eigenvalue weighted by Gasteiger charge is -2.18. The van der Waals surface area contributed by atoms with Crippen LogP contribution in [0.2, 0.25) is 0 Å². The van der Waals surface area contributed by atoms with Crippen LogP contribution in [-0.4, -0.2) is 42.7 Å². The van der Waals surface area contributed by atoms with E-state index in [9.17, 15) is 9.90 Å². The third-order valence-electron chi connectivity index (χ3n) is 3.69. The van der Waals surface area contributed by atoms with Crippen molar-refractivity contribution in [1.82, 2.24) is 10.2 Å². The number of benzene rings is 1. The fraction of sp³-hybridized carbons (Fsp3) is 0.500. The molecule has 0 bridgehead atoms. The first-order chi connectivity index (χ1) is 10.9. The topological polar surface area (TPSA) is 65.7 Å². The molecule has 0 aliphatic rings. The molecule has 5 heteroatoms. The zero-order valence-corrected chi connectivity index (χ0v) is 14.3. The molecular weight excluding hydrogens is 292 g/mol. The van der Waals surface area contributed by atoms with E-state index in [1.54, 1.807) is 0 Å². The Morgan fingerprint density at radius 2 is 2.00 bits per heavy atom. The third kappa shape index (κ3) is 4.33. The maximum absolute atomic E-state index is 12.6. The fourth-order valence-electron chi connectivity index (χ4n) is 2.75. The zero-order valence-electron chi connectivity index (χ0n) is 14.3. The molecular formula is C18H26N2O3. The number of nitrogens with one attached hydrogen (secondary N) is 1. The smallest absolute Gasteiger partial charge is 0.287 e. The van der Waals surface area contributed by atoms with Gasteiger partial charge in [-0.05, 0) is 32.5 Å². The van der Waals surface area contributed by atoms with Gasteiger partial charge < -0.3 is 19.7 Å². The molecule has 0 aliphatic carbocycles. The van der Waals surface area contributed by atoms with E-state index in [0.29, 0.717) is 23.8 Å². The highest BCUT2D eigenvalue weighted by Crippen LogP contribution is 2.27. The van der Waals surface area contributed by atoms with Crippen molar-refractivity contribution in [2.45, 2.75) is 32.9 Å². The van der Waals surface area contributed by atoms with Gasteiger partial charge in [0.25, 0.3) is 5.91 Å². The van der Waals surface area contributed by atoms with Crippen molar-refractivity contribution in [1.29, 1.82) is 0 Å². The van der Waals surface area contributed by atoms with E-state index in [0.717, 1.165) is 17.4 Å². The number of fused-ring (bicyclic) bond motifs is 1. The molecule has 2 aromatic rings. The first kappa shape index (κ1) is 17.5. The summed E-state index contributed by atoms with van der Waals surface area (Å²) in [6, 6.07) is 7.40. The van der Waals surface area contributed by atoms with Gasteiger partial charge in [0.2, 0.25) is 0 Å². The molecule has 1 aromatic carbocycles. The standard InChI is InChI=1S/C18H26N2O3/c1-12(2)9-13(11-21)19-18(22)17-15(10-20(3)4)14-7-5-6-8-16(14)23-17/h5-8,12-13,21H,9-11H2,1-4H3,(H,19,22). The second-order valence-corrected chi connectivity index (χ2v) is 6.63. The molecule has 5 nitrogen and oxygen atoms in total. The van der Waals surface area contributed by atoms with Crippen LogP contribution in [0.1, 0.15) is 36.4 Å². The van der Waals surface area contributed by atoms with Gasteiger partial charge in [-0.2, -0.15) is 0 Å². The predicted molar refractivity (Wildman–Crippen MR) is 91.4 cm³/mol. The second kappa shape index (κ2) is 7.62. The lowest BCUT2D eigenvalue weighted by atomic mass is 10.0. The van der Waals surface area contributed by atoms with E-state index in [1.165, 1.54) is 0 Å². The van der Waals surface area contributed by atoms with E-state index < -0.39 is 0 Å². The Hall–Kier alpha value is -1.85. The normalized spacial score (nSPS) is 13.0. The summed E-state index contributed by atoms with van der Waals surface area (Å²) in [6.45, 7) is 4.67. The highest BCUT2D eigenvalue weighted by molar-refractivity contribution is 5.99. The summed E-state index contributed by atoms with van der Waals surface area (Å²) in [4.78, 5) is 14.6. The monoisotopic (exact) mass is 318 g/mol. The Morgan fingerprint density at radius 1 is 1.30 bits per heavy atom. The van der Waals surface area contributed by atoms with Gasteiger partial charge in [0.05, 0.1) is 12.6 Å². The summed E-state index contributed by atoms with van der Waals surface area (Å²) < 4.78 is 5.79. The van der Waals surface area contributed by atoms with Crippen LogP contribution in [-0.2, 0) is 6.54 Å². The van der Waals surface area contributed by atoms with E-state index in [2.05, 4.69) is 19.2 Å². The van der Waals surface area contributed by atoms with Crippen molar-refractivity contribution in [3.05, 3.63) is 35.6 Å². The molecule has 0 radical (unpaired) electrons. The molecule has 1 unspecified atom stereocenters. The Bertz CT molecular complexity index is 661. The van der Waals surface area contributed by atoms with Gasteiger partial charge in [-0.3, -0.25) is 4.79 Å². The van der Waals surface area contributed by atoms with Gasteiger partial charge in [-0.25, -0.2) is 0 Å². The summed E-state index contributed by atoms with van der Waals surface area (Å²) in [7, 11) is 3.91. The largest absolute Gasteiger partial charge is 0.451 e. The highest BCUT2D eigenvalue weighted by atomic mass is 16.3. The van der Waals surface area contributed by atoms with Crippen molar-refractivity contribution in [2.75, 3.05) is 20.7 Å². The molecule has 1 aromatic heterocycles. The zero-order chi connectivity index (χ0) is 17.0. The Balaban J connectivity index is 2.31. The number of amides is 1. The quantitative estimate of drug-likeness (QED) is 0.823. The third-order valence-corrected chi connectivity index (χ3v) is 3.69. The molecule has 1 heterocycles. The van der Waals surface area contributed by atoms with Crippen LogP contribution in [0.5, 0.6) is 0 Å². The van der Waals surface area contributed by atoms with Gasteiger partial charge in [-0.1, -0.05) is 32.0 Å². The molecule has 1 atom stereocenters. The van der Waals surface area contributed by atoms with Crippen LogP contribution >= 0.6 is 0 Å². The van der Waals surface area contributed by atoms with Gasteiger partial charge in [0, 0.05) is 17.5 Å². The molecule has 0 saturated carbocycles. The molecule has 23 heavy (non-hydrogen) atoms. The summed E-state index contributed by atoms with van der Waals surface area (Å²) in [5, 5.41) is 13.3. The average molecular weight is 318 g/mol. The number of rotatable bonds is 7. The Morgan fingerprint density at radius 3 is 2.61 bits per heavy atom. The van der Waals surface area contributed by atoms with Crippen LogP contribution in [0.3, 0.4) is 0 Å².